The van der Waals surface area contributed by atoms with Gasteiger partial charge in [-0.05, 0) is 32.6 Å². The summed E-state index contributed by atoms with van der Waals surface area (Å²) in [7, 11) is 0. The maximum absolute atomic E-state index is 12.0. The Morgan fingerprint density at radius 2 is 1.95 bits per heavy atom. The van der Waals surface area contributed by atoms with Crippen LogP contribution in [0.3, 0.4) is 0 Å². The molecule has 2 heterocycles. The number of hydrogen-bond acceptors (Lipinski definition) is 4. The van der Waals surface area contributed by atoms with E-state index in [-0.39, 0.29) is 12.3 Å². The highest BCUT2D eigenvalue weighted by Crippen LogP contribution is 2.18. The maximum Gasteiger partial charge on any atom is 0.329 e. The first kappa shape index (κ1) is 14.8. The zero-order valence-corrected chi connectivity index (χ0v) is 11.9. The minimum atomic E-state index is -0.475. The summed E-state index contributed by atoms with van der Waals surface area (Å²) in [5.74, 6) is -0.349. The highest BCUT2D eigenvalue weighted by atomic mass is 16.5. The molecule has 2 rings (SSSR count). The van der Waals surface area contributed by atoms with Crippen molar-refractivity contribution in [3.8, 4) is 0 Å². The Kier molecular flexibility index (Phi) is 4.98. The molecular formula is C14H22N2O4. The number of esters is 1. The molecule has 2 atom stereocenters. The SMILES string of the molecule is CC(CC(=O)N1CCCC1)OC(=O)C1CCCN1C=O. The van der Waals surface area contributed by atoms with Gasteiger partial charge in [0.2, 0.25) is 12.3 Å². The quantitative estimate of drug-likeness (QED) is 0.545. The van der Waals surface area contributed by atoms with Gasteiger partial charge in [-0.3, -0.25) is 9.59 Å². The third kappa shape index (κ3) is 3.49. The Hall–Kier alpha value is -1.59. The third-order valence-corrected chi connectivity index (χ3v) is 3.94. The molecule has 112 valence electrons. The molecule has 6 heteroatoms. The summed E-state index contributed by atoms with van der Waals surface area (Å²) in [6.45, 7) is 3.94. The lowest BCUT2D eigenvalue weighted by Gasteiger charge is -2.22. The van der Waals surface area contributed by atoms with Crippen molar-refractivity contribution < 1.29 is 19.1 Å². The maximum atomic E-state index is 12.0. The minimum Gasteiger partial charge on any atom is -0.461 e. The van der Waals surface area contributed by atoms with Crippen molar-refractivity contribution in [3.63, 3.8) is 0 Å². The van der Waals surface area contributed by atoms with E-state index in [1.165, 1.54) is 4.90 Å². The van der Waals surface area contributed by atoms with Gasteiger partial charge >= 0.3 is 5.97 Å². The van der Waals surface area contributed by atoms with E-state index in [1.807, 2.05) is 4.90 Å². The summed E-state index contributed by atoms with van der Waals surface area (Å²) in [6, 6.07) is -0.475. The van der Waals surface area contributed by atoms with Gasteiger partial charge in [-0.25, -0.2) is 4.79 Å². The van der Waals surface area contributed by atoms with Crippen LogP contribution in [0.4, 0.5) is 0 Å². The lowest BCUT2D eigenvalue weighted by molar-refractivity contribution is -0.156. The summed E-state index contributed by atoms with van der Waals surface area (Å²) in [5.41, 5.74) is 0. The van der Waals surface area contributed by atoms with Gasteiger partial charge < -0.3 is 14.5 Å². The Labute approximate surface area is 119 Å². The van der Waals surface area contributed by atoms with Crippen molar-refractivity contribution in [2.24, 2.45) is 0 Å². The molecule has 0 aromatic heterocycles. The van der Waals surface area contributed by atoms with Gasteiger partial charge in [-0.2, -0.15) is 0 Å². The zero-order chi connectivity index (χ0) is 14.5. The van der Waals surface area contributed by atoms with Crippen molar-refractivity contribution in [2.75, 3.05) is 19.6 Å². The Bertz CT molecular complexity index is 379. The normalized spacial score (nSPS) is 23.8. The molecule has 0 saturated carbocycles. The second-order valence-electron chi connectivity index (χ2n) is 5.54. The standard InChI is InChI=1S/C14H22N2O4/c1-11(9-13(18)15-6-2-3-7-15)20-14(19)12-5-4-8-16(12)10-17/h10-12H,2-9H2,1H3. The predicted molar refractivity (Wildman–Crippen MR) is 71.8 cm³/mol. The van der Waals surface area contributed by atoms with Crippen LogP contribution < -0.4 is 0 Å². The second-order valence-corrected chi connectivity index (χ2v) is 5.54. The fourth-order valence-corrected chi connectivity index (χ4v) is 2.83. The predicted octanol–water partition coefficient (Wildman–Crippen LogP) is 0.551. The van der Waals surface area contributed by atoms with Gasteiger partial charge in [-0.1, -0.05) is 0 Å². The summed E-state index contributed by atoms with van der Waals surface area (Å²) in [5, 5.41) is 0. The van der Waals surface area contributed by atoms with E-state index in [1.54, 1.807) is 6.92 Å². The van der Waals surface area contributed by atoms with Crippen LogP contribution in [0.25, 0.3) is 0 Å². The second kappa shape index (κ2) is 6.72. The molecule has 20 heavy (non-hydrogen) atoms. The summed E-state index contributed by atoms with van der Waals surface area (Å²) in [6.07, 6.45) is 4.04. The van der Waals surface area contributed by atoms with Crippen molar-refractivity contribution in [1.29, 1.82) is 0 Å². The molecule has 2 saturated heterocycles. The zero-order valence-electron chi connectivity index (χ0n) is 11.9. The first-order valence-electron chi connectivity index (χ1n) is 7.31. The molecule has 2 unspecified atom stereocenters. The molecule has 0 aromatic carbocycles. The van der Waals surface area contributed by atoms with Gasteiger partial charge in [0.15, 0.2) is 0 Å². The van der Waals surface area contributed by atoms with Crippen LogP contribution in [0.5, 0.6) is 0 Å². The average Bonchev–Trinajstić information content (AvgIpc) is 3.09. The van der Waals surface area contributed by atoms with Crippen LogP contribution in [0, 0.1) is 0 Å². The van der Waals surface area contributed by atoms with Crippen molar-refractivity contribution in [3.05, 3.63) is 0 Å². The van der Waals surface area contributed by atoms with E-state index in [0.717, 1.165) is 32.4 Å². The molecule has 6 nitrogen and oxygen atoms in total. The number of carbonyl (C=O) groups is 3. The van der Waals surface area contributed by atoms with Crippen LogP contribution in [0.15, 0.2) is 0 Å². The monoisotopic (exact) mass is 282 g/mol. The molecule has 0 aromatic rings. The lowest BCUT2D eigenvalue weighted by Crippen LogP contribution is -2.38. The molecule has 0 aliphatic carbocycles. The van der Waals surface area contributed by atoms with Gasteiger partial charge in [0, 0.05) is 19.6 Å². The first-order chi connectivity index (χ1) is 9.61. The van der Waals surface area contributed by atoms with Gasteiger partial charge in [0.25, 0.3) is 0 Å². The minimum absolute atomic E-state index is 0.0430. The Morgan fingerprint density at radius 1 is 1.25 bits per heavy atom. The molecule has 2 aliphatic heterocycles. The number of ether oxygens (including phenoxy) is 1. The van der Waals surface area contributed by atoms with Crippen molar-refractivity contribution >= 4 is 18.3 Å². The fourth-order valence-electron chi connectivity index (χ4n) is 2.83. The van der Waals surface area contributed by atoms with E-state index < -0.39 is 18.1 Å². The van der Waals surface area contributed by atoms with Gasteiger partial charge in [-0.15, -0.1) is 0 Å². The third-order valence-electron chi connectivity index (χ3n) is 3.94. The van der Waals surface area contributed by atoms with E-state index in [9.17, 15) is 14.4 Å². The average molecular weight is 282 g/mol. The smallest absolute Gasteiger partial charge is 0.329 e. The first-order valence-corrected chi connectivity index (χ1v) is 7.31. The fraction of sp³-hybridized carbons (Fsp3) is 0.786. The van der Waals surface area contributed by atoms with E-state index in [2.05, 4.69) is 0 Å². The van der Waals surface area contributed by atoms with E-state index >= 15 is 0 Å². The van der Waals surface area contributed by atoms with Crippen LogP contribution in [-0.2, 0) is 19.1 Å². The van der Waals surface area contributed by atoms with Crippen LogP contribution in [0.1, 0.15) is 39.0 Å². The molecule has 2 amide bonds. The number of hydrogen-bond donors (Lipinski definition) is 0. The largest absolute Gasteiger partial charge is 0.461 e. The van der Waals surface area contributed by atoms with Gasteiger partial charge in [0.05, 0.1) is 6.42 Å². The molecular weight excluding hydrogens is 260 g/mol. The topological polar surface area (TPSA) is 66.9 Å². The van der Waals surface area contributed by atoms with Crippen molar-refractivity contribution in [2.45, 2.75) is 51.2 Å². The molecule has 0 radical (unpaired) electrons. The number of nitrogens with zero attached hydrogens (tertiary/aromatic N) is 2. The van der Waals surface area contributed by atoms with Crippen LogP contribution in [0.2, 0.25) is 0 Å². The number of likely N-dealkylation sites (tertiary alicyclic amines) is 2. The highest BCUT2D eigenvalue weighted by Gasteiger charge is 2.32. The Morgan fingerprint density at radius 3 is 2.60 bits per heavy atom. The van der Waals surface area contributed by atoms with Crippen LogP contribution in [-0.4, -0.2) is 59.9 Å². The lowest BCUT2D eigenvalue weighted by atomic mass is 10.2. The van der Waals surface area contributed by atoms with E-state index in [0.29, 0.717) is 19.4 Å². The number of rotatable bonds is 5. The van der Waals surface area contributed by atoms with Crippen LogP contribution >= 0.6 is 0 Å². The summed E-state index contributed by atoms with van der Waals surface area (Å²) >= 11 is 0. The van der Waals surface area contributed by atoms with Gasteiger partial charge in [0.1, 0.15) is 12.1 Å². The molecule has 2 aliphatic rings. The molecule has 0 bridgehead atoms. The Balaban J connectivity index is 1.78. The van der Waals surface area contributed by atoms with E-state index in [4.69, 9.17) is 4.74 Å². The number of carbonyl (C=O) groups excluding carboxylic acids is 3. The molecule has 0 spiro atoms. The number of amides is 2. The van der Waals surface area contributed by atoms with Crippen molar-refractivity contribution in [1.82, 2.24) is 9.80 Å². The molecule has 2 fully saturated rings. The summed E-state index contributed by atoms with van der Waals surface area (Å²) < 4.78 is 5.31. The summed E-state index contributed by atoms with van der Waals surface area (Å²) in [4.78, 5) is 38.0. The molecule has 0 N–H and O–H groups in total. The highest BCUT2D eigenvalue weighted by molar-refractivity contribution is 5.80.